The molecule has 0 aliphatic carbocycles. The van der Waals surface area contributed by atoms with Crippen LogP contribution in [0.1, 0.15) is 35.4 Å². The molecule has 1 amide bonds. The maximum atomic E-state index is 13.3. The van der Waals surface area contributed by atoms with E-state index in [0.717, 1.165) is 30.7 Å². The molecule has 1 fully saturated rings. The van der Waals surface area contributed by atoms with E-state index in [0.29, 0.717) is 16.9 Å². The number of halogens is 1. The van der Waals surface area contributed by atoms with Crippen LogP contribution < -0.4 is 5.32 Å². The molecule has 3 heterocycles. The number of fused-ring (bicyclic) bond motifs is 1. The monoisotopic (exact) mass is 352 g/mol. The van der Waals surface area contributed by atoms with E-state index >= 15 is 0 Å². The van der Waals surface area contributed by atoms with E-state index in [4.69, 9.17) is 0 Å². The Morgan fingerprint density at radius 3 is 2.77 bits per heavy atom. The lowest BCUT2D eigenvalue weighted by Gasteiger charge is -2.25. The molecule has 5 nitrogen and oxygen atoms in total. The molecule has 1 aliphatic rings. The fourth-order valence-electron chi connectivity index (χ4n) is 3.36. The number of anilines is 1. The van der Waals surface area contributed by atoms with Gasteiger partial charge in [-0.1, -0.05) is 6.42 Å². The molecule has 0 spiro atoms. The summed E-state index contributed by atoms with van der Waals surface area (Å²) in [6.07, 6.45) is 5.50. The predicted octanol–water partition coefficient (Wildman–Crippen LogP) is 3.94. The van der Waals surface area contributed by atoms with Gasteiger partial charge in [-0.05, 0) is 62.3 Å². The van der Waals surface area contributed by atoms with Crippen LogP contribution in [0.5, 0.6) is 0 Å². The van der Waals surface area contributed by atoms with Gasteiger partial charge in [-0.15, -0.1) is 0 Å². The van der Waals surface area contributed by atoms with Gasteiger partial charge in [0.25, 0.3) is 5.91 Å². The first-order chi connectivity index (χ1) is 12.7. The van der Waals surface area contributed by atoms with Gasteiger partial charge in [-0.2, -0.15) is 0 Å². The van der Waals surface area contributed by atoms with Crippen molar-refractivity contribution >= 4 is 22.5 Å². The fraction of sp³-hybridized carbons (Fsp3) is 0.300. The smallest absolute Gasteiger partial charge is 0.272 e. The highest BCUT2D eigenvalue weighted by Gasteiger charge is 2.13. The number of carbonyl (C=O) groups excluding carboxylic acids is 1. The zero-order valence-corrected chi connectivity index (χ0v) is 14.5. The molecule has 4 rings (SSSR count). The van der Waals surface area contributed by atoms with Crippen molar-refractivity contribution in [3.63, 3.8) is 0 Å². The lowest BCUT2D eigenvalue weighted by Crippen LogP contribution is -2.29. The maximum absolute atomic E-state index is 13.3. The molecule has 3 aromatic rings. The van der Waals surface area contributed by atoms with Crippen LogP contribution in [-0.2, 0) is 6.54 Å². The Balaban J connectivity index is 1.41. The Bertz CT molecular complexity index is 913. The molecule has 0 saturated carbocycles. The minimum Gasteiger partial charge on any atom is -0.350 e. The minimum atomic E-state index is -0.334. The Hall–Kier alpha value is -2.73. The van der Waals surface area contributed by atoms with Crippen molar-refractivity contribution in [2.75, 3.05) is 18.4 Å². The number of aromatic nitrogens is 2. The number of hydrogen-bond acceptors (Lipinski definition) is 3. The molecule has 0 bridgehead atoms. The number of nitrogens with one attached hydrogen (secondary N) is 2. The van der Waals surface area contributed by atoms with E-state index in [1.807, 2.05) is 12.1 Å². The number of rotatable bonds is 4. The van der Waals surface area contributed by atoms with Crippen LogP contribution in [0, 0.1) is 5.82 Å². The van der Waals surface area contributed by atoms with Crippen LogP contribution in [0.15, 0.2) is 42.6 Å². The van der Waals surface area contributed by atoms with Crippen LogP contribution in [0.3, 0.4) is 0 Å². The molecule has 0 radical (unpaired) electrons. The van der Waals surface area contributed by atoms with E-state index in [-0.39, 0.29) is 11.7 Å². The van der Waals surface area contributed by atoms with Gasteiger partial charge in [-0.3, -0.25) is 14.7 Å². The maximum Gasteiger partial charge on any atom is 0.272 e. The standard InChI is InChI=1S/C20H21FN4O/c21-15-5-4-14-10-19(24-18(14)11-15)20(26)23-16-6-7-17(22-12-16)13-25-8-2-1-3-9-25/h4-7,10-12,24H,1-3,8-9,13H2,(H,23,26). The first-order valence-corrected chi connectivity index (χ1v) is 8.94. The number of likely N-dealkylation sites (tertiary alicyclic amines) is 1. The van der Waals surface area contributed by atoms with E-state index in [1.165, 1.54) is 31.4 Å². The molecule has 134 valence electrons. The van der Waals surface area contributed by atoms with Gasteiger partial charge in [0, 0.05) is 17.4 Å². The summed E-state index contributed by atoms with van der Waals surface area (Å²) in [6, 6.07) is 9.93. The van der Waals surface area contributed by atoms with Crippen molar-refractivity contribution in [3.8, 4) is 0 Å². The number of piperidine rings is 1. The number of amides is 1. The van der Waals surface area contributed by atoms with Crippen molar-refractivity contribution in [2.45, 2.75) is 25.8 Å². The molecule has 2 aromatic heterocycles. The summed E-state index contributed by atoms with van der Waals surface area (Å²) in [6.45, 7) is 3.10. The second kappa shape index (κ2) is 7.25. The number of hydrogen-bond donors (Lipinski definition) is 2. The average molecular weight is 352 g/mol. The molecular formula is C20H21FN4O. The third kappa shape index (κ3) is 3.75. The molecule has 2 N–H and O–H groups in total. The van der Waals surface area contributed by atoms with Crippen molar-refractivity contribution in [3.05, 3.63) is 59.8 Å². The summed E-state index contributed by atoms with van der Waals surface area (Å²) in [4.78, 5) is 22.2. The highest BCUT2D eigenvalue weighted by Crippen LogP contribution is 2.18. The van der Waals surface area contributed by atoms with E-state index in [1.54, 1.807) is 18.3 Å². The molecular weight excluding hydrogens is 331 g/mol. The van der Waals surface area contributed by atoms with Crippen molar-refractivity contribution in [1.82, 2.24) is 14.9 Å². The third-order valence-electron chi connectivity index (χ3n) is 4.75. The van der Waals surface area contributed by atoms with Crippen molar-refractivity contribution < 1.29 is 9.18 Å². The Morgan fingerprint density at radius 2 is 2.00 bits per heavy atom. The van der Waals surface area contributed by atoms with E-state index < -0.39 is 0 Å². The predicted molar refractivity (Wildman–Crippen MR) is 99.6 cm³/mol. The largest absolute Gasteiger partial charge is 0.350 e. The summed E-state index contributed by atoms with van der Waals surface area (Å²) in [5, 5.41) is 3.62. The normalized spacial score (nSPS) is 15.3. The fourth-order valence-corrected chi connectivity index (χ4v) is 3.36. The molecule has 1 aliphatic heterocycles. The Morgan fingerprint density at radius 1 is 1.15 bits per heavy atom. The Kier molecular flexibility index (Phi) is 4.67. The van der Waals surface area contributed by atoms with Crippen LogP contribution in [0.2, 0.25) is 0 Å². The second-order valence-electron chi connectivity index (χ2n) is 6.74. The first kappa shape index (κ1) is 16.7. The van der Waals surface area contributed by atoms with E-state index in [9.17, 15) is 9.18 Å². The van der Waals surface area contributed by atoms with Crippen LogP contribution in [-0.4, -0.2) is 33.9 Å². The number of pyridine rings is 1. The SMILES string of the molecule is O=C(Nc1ccc(CN2CCCCC2)nc1)c1cc2ccc(F)cc2[nH]1. The van der Waals surface area contributed by atoms with Crippen LogP contribution >= 0.6 is 0 Å². The zero-order chi connectivity index (χ0) is 17.9. The van der Waals surface area contributed by atoms with Crippen molar-refractivity contribution in [1.29, 1.82) is 0 Å². The van der Waals surface area contributed by atoms with Crippen molar-refractivity contribution in [2.24, 2.45) is 0 Å². The van der Waals surface area contributed by atoms with Gasteiger partial charge in [0.2, 0.25) is 0 Å². The second-order valence-corrected chi connectivity index (χ2v) is 6.74. The quantitative estimate of drug-likeness (QED) is 0.748. The summed E-state index contributed by atoms with van der Waals surface area (Å²) in [5.74, 6) is -0.605. The molecule has 6 heteroatoms. The average Bonchev–Trinajstić information content (AvgIpc) is 3.07. The summed E-state index contributed by atoms with van der Waals surface area (Å²) in [5.41, 5.74) is 2.64. The van der Waals surface area contributed by atoms with Gasteiger partial charge in [0.15, 0.2) is 0 Å². The summed E-state index contributed by atoms with van der Waals surface area (Å²) >= 11 is 0. The molecule has 0 unspecified atom stereocenters. The van der Waals surface area contributed by atoms with E-state index in [2.05, 4.69) is 20.2 Å². The topological polar surface area (TPSA) is 61.0 Å². The highest BCUT2D eigenvalue weighted by molar-refractivity contribution is 6.05. The minimum absolute atomic E-state index is 0.271. The molecule has 26 heavy (non-hydrogen) atoms. The van der Waals surface area contributed by atoms with Gasteiger partial charge in [0.05, 0.1) is 17.6 Å². The lowest BCUT2D eigenvalue weighted by atomic mass is 10.1. The van der Waals surface area contributed by atoms with Gasteiger partial charge in [-0.25, -0.2) is 4.39 Å². The van der Waals surface area contributed by atoms with Crippen LogP contribution in [0.25, 0.3) is 10.9 Å². The molecule has 0 atom stereocenters. The number of H-pyrrole nitrogens is 1. The first-order valence-electron chi connectivity index (χ1n) is 8.94. The van der Waals surface area contributed by atoms with Crippen LogP contribution in [0.4, 0.5) is 10.1 Å². The zero-order valence-electron chi connectivity index (χ0n) is 14.5. The van der Waals surface area contributed by atoms with Gasteiger partial charge < -0.3 is 10.3 Å². The summed E-state index contributed by atoms with van der Waals surface area (Å²) in [7, 11) is 0. The lowest BCUT2D eigenvalue weighted by molar-refractivity contribution is 0.102. The summed E-state index contributed by atoms with van der Waals surface area (Å²) < 4.78 is 13.3. The van der Waals surface area contributed by atoms with Gasteiger partial charge >= 0.3 is 0 Å². The number of nitrogens with zero attached hydrogens (tertiary/aromatic N) is 2. The number of aromatic amines is 1. The Labute approximate surface area is 151 Å². The van der Waals surface area contributed by atoms with Gasteiger partial charge in [0.1, 0.15) is 11.5 Å². The number of carbonyl (C=O) groups is 1. The number of benzene rings is 1. The highest BCUT2D eigenvalue weighted by atomic mass is 19.1. The molecule has 1 aromatic carbocycles. The molecule has 1 saturated heterocycles. The third-order valence-corrected chi connectivity index (χ3v) is 4.75.